The smallest absolute Gasteiger partial charge is 0.306 e. The van der Waals surface area contributed by atoms with E-state index in [1.54, 1.807) is 0 Å². The molecule has 0 aromatic carbocycles. The van der Waals surface area contributed by atoms with Gasteiger partial charge >= 0.3 is 5.97 Å². The summed E-state index contributed by atoms with van der Waals surface area (Å²) < 4.78 is 19.2. The second-order valence-corrected chi connectivity index (χ2v) is 20.4. The van der Waals surface area contributed by atoms with Gasteiger partial charge in [0.1, 0.15) is 0 Å². The predicted octanol–water partition coefficient (Wildman–Crippen LogP) is 15.7. The van der Waals surface area contributed by atoms with E-state index < -0.39 is 0 Å². The molecule has 2 fully saturated rings. The first-order valence-electron chi connectivity index (χ1n) is 28.3. The Morgan fingerprint density at radius 3 is 1.44 bits per heavy atom. The van der Waals surface area contributed by atoms with E-state index in [4.69, 9.17) is 24.1 Å². The number of piperazine rings is 1. The van der Waals surface area contributed by atoms with E-state index in [1.165, 1.54) is 238 Å². The maximum atomic E-state index is 12.6. The fourth-order valence-corrected chi connectivity index (χ4v) is 10.2. The second-order valence-electron chi connectivity index (χ2n) is 20.4. The van der Waals surface area contributed by atoms with Gasteiger partial charge in [-0.3, -0.25) is 9.59 Å². The third-order valence-corrected chi connectivity index (χ3v) is 14.5. The summed E-state index contributed by atoms with van der Waals surface area (Å²) in [6.45, 7) is 16.2. The summed E-state index contributed by atoms with van der Waals surface area (Å²) in [4.78, 5) is 26.0. The molecule has 2 aliphatic rings. The van der Waals surface area contributed by atoms with Gasteiger partial charge in [-0.2, -0.15) is 0 Å². The van der Waals surface area contributed by atoms with Crippen molar-refractivity contribution in [3.05, 3.63) is 0 Å². The minimum Gasteiger partial charge on any atom is -0.483 e. The maximum absolute atomic E-state index is 12.6. The Balaban J connectivity index is 0.00000662. The molecule has 0 aromatic rings. The van der Waals surface area contributed by atoms with Crippen molar-refractivity contribution in [2.24, 2.45) is 11.8 Å². The summed E-state index contributed by atoms with van der Waals surface area (Å²) >= 11 is 0. The summed E-state index contributed by atoms with van der Waals surface area (Å²) in [7, 11) is 2.24. The quantitative estimate of drug-likeness (QED) is 0.0367. The Morgan fingerprint density at radius 2 is 0.984 bits per heavy atom. The van der Waals surface area contributed by atoms with Gasteiger partial charge < -0.3 is 29.1 Å². The third kappa shape index (κ3) is 35.0. The minimum absolute atomic E-state index is 0.0396. The van der Waals surface area contributed by atoms with Gasteiger partial charge in [-0.15, -0.1) is 0 Å². The first-order chi connectivity index (χ1) is 31.3. The van der Waals surface area contributed by atoms with Crippen molar-refractivity contribution in [1.29, 1.82) is 0 Å². The molecular weight excluding hydrogens is 797 g/mol. The molecule has 0 saturated carbocycles. The molecule has 0 amide bonds. The predicted molar refractivity (Wildman–Crippen MR) is 272 cm³/mol. The zero-order valence-corrected chi connectivity index (χ0v) is 43.5. The van der Waals surface area contributed by atoms with Crippen molar-refractivity contribution in [3.8, 4) is 0 Å². The normalized spacial score (nSPS) is 18.2. The first kappa shape index (κ1) is 60.8. The van der Waals surface area contributed by atoms with E-state index in [0.717, 1.165) is 44.8 Å². The number of ether oxygens (including phenoxy) is 3. The van der Waals surface area contributed by atoms with Crippen molar-refractivity contribution in [2.45, 2.75) is 284 Å². The van der Waals surface area contributed by atoms with Crippen LogP contribution in [0.3, 0.4) is 0 Å². The second kappa shape index (κ2) is 44.3. The van der Waals surface area contributed by atoms with Crippen LogP contribution in [-0.2, 0) is 23.8 Å². The molecule has 2 rings (SSSR count). The molecule has 0 aromatic heterocycles. The molecule has 0 bridgehead atoms. The Kier molecular flexibility index (Phi) is 42.1. The number of carboxylic acid groups (broad SMARTS) is 1. The molecule has 64 heavy (non-hydrogen) atoms. The third-order valence-electron chi connectivity index (χ3n) is 14.5. The number of carbonyl (C=O) groups is 2. The Bertz CT molecular complexity index is 988. The molecule has 0 radical (unpaired) electrons. The molecular formula is C56H110N2O6. The Morgan fingerprint density at radius 1 is 0.594 bits per heavy atom. The van der Waals surface area contributed by atoms with Crippen molar-refractivity contribution in [3.63, 3.8) is 0 Å². The van der Waals surface area contributed by atoms with Crippen LogP contribution in [0.4, 0.5) is 0 Å². The minimum atomic E-state index is -0.347. The van der Waals surface area contributed by atoms with Crippen LogP contribution in [-0.4, -0.2) is 92.2 Å². The van der Waals surface area contributed by atoms with Gasteiger partial charge in [0, 0.05) is 52.0 Å². The zero-order valence-electron chi connectivity index (χ0n) is 43.5. The van der Waals surface area contributed by atoms with Crippen LogP contribution in [0.15, 0.2) is 0 Å². The van der Waals surface area contributed by atoms with Gasteiger partial charge in [0.05, 0.1) is 19.3 Å². The molecule has 380 valence electrons. The first-order valence-corrected chi connectivity index (χ1v) is 28.3. The van der Waals surface area contributed by atoms with Crippen molar-refractivity contribution < 1.29 is 28.9 Å². The van der Waals surface area contributed by atoms with Gasteiger partial charge in [0.2, 0.25) is 0 Å². The molecule has 0 aliphatic carbocycles. The van der Waals surface area contributed by atoms with Crippen LogP contribution in [0, 0.1) is 11.8 Å². The number of nitrogens with zero attached hydrogens (tertiary/aromatic N) is 2. The fourth-order valence-electron chi connectivity index (χ4n) is 10.2. The molecule has 2 heterocycles. The highest BCUT2D eigenvalue weighted by Gasteiger charge is 2.40. The summed E-state index contributed by atoms with van der Waals surface area (Å²) in [5.41, 5.74) is 0. The largest absolute Gasteiger partial charge is 0.483 e. The molecule has 8 nitrogen and oxygen atoms in total. The van der Waals surface area contributed by atoms with Gasteiger partial charge in [-0.1, -0.05) is 214 Å². The summed E-state index contributed by atoms with van der Waals surface area (Å²) in [5.74, 6) is 1.21. The monoisotopic (exact) mass is 907 g/mol. The summed E-state index contributed by atoms with van der Waals surface area (Å²) in [6, 6.07) is 0. The molecule has 1 N–H and O–H groups in total. The maximum Gasteiger partial charge on any atom is 0.306 e. The highest BCUT2D eigenvalue weighted by Crippen LogP contribution is 2.36. The SMILES string of the molecule is CCCCCC(CCCCC)CCCCCCCCCCCC1(CCCCCCCCCCOC(=O)CC(CCCCC)CCCCC)OCC(CCN2CCN(C)CC2)O1.O=CO. The van der Waals surface area contributed by atoms with Crippen LogP contribution >= 0.6 is 0 Å². The molecule has 2 aliphatic heterocycles. The fraction of sp³-hybridized carbons (Fsp3) is 0.964. The Labute approximate surface area is 398 Å². The van der Waals surface area contributed by atoms with Crippen LogP contribution in [0.5, 0.6) is 0 Å². The molecule has 2 saturated heterocycles. The summed E-state index contributed by atoms with van der Waals surface area (Å²) in [5, 5.41) is 6.89. The number of hydrogen-bond acceptors (Lipinski definition) is 7. The lowest BCUT2D eigenvalue weighted by atomic mass is 9.90. The van der Waals surface area contributed by atoms with Gasteiger partial charge in [0.15, 0.2) is 5.79 Å². The van der Waals surface area contributed by atoms with Gasteiger partial charge in [-0.25, -0.2) is 0 Å². The van der Waals surface area contributed by atoms with Crippen molar-refractivity contribution in [1.82, 2.24) is 9.80 Å². The Hall–Kier alpha value is -1.22. The van der Waals surface area contributed by atoms with E-state index in [1.807, 2.05) is 0 Å². The topological polar surface area (TPSA) is 88.5 Å². The number of likely N-dealkylation sites (N-methyl/N-ethyl adjacent to an activating group) is 1. The number of unbranched alkanes of at least 4 members (excludes halogenated alkanes) is 23. The van der Waals surface area contributed by atoms with Gasteiger partial charge in [0.25, 0.3) is 6.47 Å². The number of hydrogen-bond donors (Lipinski definition) is 1. The number of esters is 1. The molecule has 8 heteroatoms. The lowest BCUT2D eigenvalue weighted by molar-refractivity contribution is -0.180. The van der Waals surface area contributed by atoms with Gasteiger partial charge in [-0.05, 0) is 57.4 Å². The van der Waals surface area contributed by atoms with E-state index in [0.29, 0.717) is 18.9 Å². The molecule has 2 atom stereocenters. The van der Waals surface area contributed by atoms with Crippen LogP contribution in [0.25, 0.3) is 0 Å². The average Bonchev–Trinajstić information content (AvgIpc) is 3.70. The summed E-state index contributed by atoms with van der Waals surface area (Å²) in [6.07, 6.45) is 49.2. The van der Waals surface area contributed by atoms with E-state index in [-0.39, 0.29) is 24.3 Å². The zero-order chi connectivity index (χ0) is 46.6. The average molecular weight is 908 g/mol. The van der Waals surface area contributed by atoms with Crippen LogP contribution < -0.4 is 0 Å². The number of rotatable bonds is 44. The standard InChI is InChI=1S/C55H108N2O4.CH2O2/c1-6-10-27-35-51(36-28-11-7-2)37-31-23-19-15-14-16-20-24-32-41-55(60-50-53(61-55)40-43-57-46-44-56(5)45-47-57)42-33-25-21-17-18-22-26-34-48-59-54(58)49-52(38-29-12-8-3)39-30-13-9-4;2-1-3/h51-53H,6-50H2,1-5H3;1H,(H,2,3). The van der Waals surface area contributed by atoms with E-state index >= 15 is 0 Å². The van der Waals surface area contributed by atoms with Crippen LogP contribution in [0.1, 0.15) is 272 Å². The lowest BCUT2D eigenvalue weighted by Gasteiger charge is -2.33. The molecule has 2 unspecified atom stereocenters. The van der Waals surface area contributed by atoms with E-state index in [2.05, 4.69) is 44.5 Å². The van der Waals surface area contributed by atoms with Crippen molar-refractivity contribution in [2.75, 3.05) is 53.0 Å². The van der Waals surface area contributed by atoms with Crippen molar-refractivity contribution >= 4 is 12.4 Å². The van der Waals surface area contributed by atoms with Crippen LogP contribution in [0.2, 0.25) is 0 Å². The lowest BCUT2D eigenvalue weighted by Crippen LogP contribution is -2.45. The molecule has 0 spiro atoms. The highest BCUT2D eigenvalue weighted by atomic mass is 16.7. The highest BCUT2D eigenvalue weighted by molar-refractivity contribution is 5.69. The number of carbonyl (C=O) groups excluding carboxylic acids is 1. The van der Waals surface area contributed by atoms with E-state index in [9.17, 15) is 4.79 Å².